The van der Waals surface area contributed by atoms with Crippen LogP contribution in [-0.2, 0) is 11.3 Å². The second kappa shape index (κ2) is 9.08. The van der Waals surface area contributed by atoms with Crippen LogP contribution in [0.25, 0.3) is 0 Å². The molecule has 2 unspecified atom stereocenters. The van der Waals surface area contributed by atoms with E-state index in [1.54, 1.807) is 4.90 Å². The van der Waals surface area contributed by atoms with Crippen LogP contribution in [0.1, 0.15) is 57.6 Å². The molecule has 0 bridgehead atoms. The molecule has 2 heterocycles. The molecular weight excluding hydrogens is 390 g/mol. The number of nitrogens with zero attached hydrogens (tertiary/aromatic N) is 3. The van der Waals surface area contributed by atoms with Gasteiger partial charge in [-0.15, -0.1) is 0 Å². The first-order chi connectivity index (χ1) is 13.7. The summed E-state index contributed by atoms with van der Waals surface area (Å²) in [4.78, 5) is 14.0. The molecule has 0 saturated carbocycles. The van der Waals surface area contributed by atoms with Crippen molar-refractivity contribution in [1.82, 2.24) is 14.7 Å². The van der Waals surface area contributed by atoms with Crippen molar-refractivity contribution in [3.8, 4) is 5.75 Å². The van der Waals surface area contributed by atoms with Gasteiger partial charge in [-0.25, -0.2) is 4.79 Å². The lowest BCUT2D eigenvalue weighted by molar-refractivity contribution is 0.0166. The molecular formula is C22H30ClN3O3. The smallest absolute Gasteiger partial charge is 0.411 e. The van der Waals surface area contributed by atoms with Gasteiger partial charge in [0.05, 0.1) is 19.3 Å². The molecule has 0 spiro atoms. The summed E-state index contributed by atoms with van der Waals surface area (Å²) in [7, 11) is 0. The third kappa shape index (κ3) is 5.89. The highest BCUT2D eigenvalue weighted by molar-refractivity contribution is 6.21. The summed E-state index contributed by atoms with van der Waals surface area (Å²) in [5.74, 6) is 1.15. The van der Waals surface area contributed by atoms with Crippen LogP contribution in [0.5, 0.6) is 5.75 Å². The van der Waals surface area contributed by atoms with Crippen LogP contribution < -0.4 is 4.74 Å². The number of likely N-dealkylation sites (tertiary alicyclic amines) is 1. The first-order valence-electron chi connectivity index (χ1n) is 10.1. The van der Waals surface area contributed by atoms with Crippen molar-refractivity contribution in [3.05, 3.63) is 47.8 Å². The van der Waals surface area contributed by atoms with E-state index in [2.05, 4.69) is 17.4 Å². The number of carbonyl (C=O) groups excluding carboxylic acids is 1. The molecule has 29 heavy (non-hydrogen) atoms. The van der Waals surface area contributed by atoms with Gasteiger partial charge in [-0.3, -0.25) is 9.58 Å². The van der Waals surface area contributed by atoms with Crippen molar-refractivity contribution >= 4 is 17.7 Å². The first kappa shape index (κ1) is 21.5. The summed E-state index contributed by atoms with van der Waals surface area (Å²) in [6, 6.07) is 8.06. The summed E-state index contributed by atoms with van der Waals surface area (Å²) in [6.45, 7) is 9.47. The van der Waals surface area contributed by atoms with Crippen molar-refractivity contribution in [2.45, 2.75) is 64.1 Å². The van der Waals surface area contributed by atoms with Gasteiger partial charge < -0.3 is 9.47 Å². The number of hydrogen-bond acceptors (Lipinski definition) is 4. The van der Waals surface area contributed by atoms with Crippen molar-refractivity contribution in [3.63, 3.8) is 0 Å². The van der Waals surface area contributed by atoms with Gasteiger partial charge in [0.2, 0.25) is 0 Å². The normalized spacial score (nSPS) is 19.8. The zero-order chi connectivity index (χ0) is 21.0. The van der Waals surface area contributed by atoms with Crippen LogP contribution in [-0.4, -0.2) is 45.0 Å². The monoisotopic (exact) mass is 419 g/mol. The maximum absolute atomic E-state index is 12.3. The number of ether oxygens (including phenoxy) is 2. The average Bonchev–Trinajstić information content (AvgIpc) is 3.09. The number of benzene rings is 1. The molecule has 0 aliphatic carbocycles. The van der Waals surface area contributed by atoms with Gasteiger partial charge in [-0.1, -0.05) is 23.7 Å². The molecule has 1 fully saturated rings. The number of rotatable bonds is 5. The fraction of sp³-hybridized carbons (Fsp3) is 0.545. The van der Waals surface area contributed by atoms with Crippen LogP contribution in [0.2, 0.25) is 0 Å². The molecule has 2 atom stereocenters. The molecule has 1 amide bonds. The van der Waals surface area contributed by atoms with E-state index in [9.17, 15) is 4.79 Å². The molecule has 3 rings (SSSR count). The Morgan fingerprint density at radius 3 is 2.83 bits per heavy atom. The number of hydrogen-bond donors (Lipinski definition) is 0. The standard InChI is InChI=1S/C22H30ClN3O3/c1-5-28-19-8-6-7-16(11-19)14-25-15-18(13-24-25)17-9-10-26(20(23)12-17)21(27)29-22(2,3)4/h6-8,11,13,15,17,20H,5,9-10,12,14H2,1-4H3. The number of piperidine rings is 1. The predicted octanol–water partition coefficient (Wildman–Crippen LogP) is 5.01. The second-order valence-corrected chi connectivity index (χ2v) is 8.88. The Bertz CT molecular complexity index is 831. The Hall–Kier alpha value is -2.21. The van der Waals surface area contributed by atoms with E-state index >= 15 is 0 Å². The maximum Gasteiger partial charge on any atom is 0.411 e. The number of halogens is 1. The molecule has 1 aliphatic heterocycles. The van der Waals surface area contributed by atoms with Crippen molar-refractivity contribution in [1.29, 1.82) is 0 Å². The summed E-state index contributed by atoms with van der Waals surface area (Å²) < 4.78 is 13.0. The maximum atomic E-state index is 12.3. The highest BCUT2D eigenvalue weighted by atomic mass is 35.5. The molecule has 1 saturated heterocycles. The third-order valence-corrected chi connectivity index (χ3v) is 5.26. The molecule has 0 radical (unpaired) electrons. The van der Waals surface area contributed by atoms with Crippen LogP contribution in [0, 0.1) is 0 Å². The zero-order valence-electron chi connectivity index (χ0n) is 17.6. The van der Waals surface area contributed by atoms with Gasteiger partial charge in [-0.05, 0) is 69.7 Å². The topological polar surface area (TPSA) is 56.6 Å². The quantitative estimate of drug-likeness (QED) is 0.505. The van der Waals surface area contributed by atoms with E-state index in [-0.39, 0.29) is 17.5 Å². The Morgan fingerprint density at radius 1 is 1.34 bits per heavy atom. The van der Waals surface area contributed by atoms with Gasteiger partial charge in [0.1, 0.15) is 16.9 Å². The van der Waals surface area contributed by atoms with Gasteiger partial charge in [0.15, 0.2) is 0 Å². The summed E-state index contributed by atoms with van der Waals surface area (Å²) in [5.41, 5.74) is 1.39. The zero-order valence-corrected chi connectivity index (χ0v) is 18.4. The fourth-order valence-corrected chi connectivity index (χ4v) is 3.90. The highest BCUT2D eigenvalue weighted by Crippen LogP contribution is 2.34. The highest BCUT2D eigenvalue weighted by Gasteiger charge is 2.34. The summed E-state index contributed by atoms with van der Waals surface area (Å²) in [5, 5.41) is 4.52. The van der Waals surface area contributed by atoms with Crippen molar-refractivity contribution < 1.29 is 14.3 Å². The third-order valence-electron chi connectivity index (χ3n) is 4.84. The SMILES string of the molecule is CCOc1cccc(Cn2cc(C3CCN(C(=O)OC(C)(C)C)C(Cl)C3)cn2)c1. The molecule has 7 heteroatoms. The Kier molecular flexibility index (Phi) is 6.73. The lowest BCUT2D eigenvalue weighted by Crippen LogP contribution is -2.45. The molecule has 0 N–H and O–H groups in total. The van der Waals surface area contributed by atoms with Crippen LogP contribution in [0.4, 0.5) is 4.79 Å². The van der Waals surface area contributed by atoms with E-state index < -0.39 is 5.60 Å². The Labute approximate surface area is 177 Å². The van der Waals surface area contributed by atoms with E-state index in [4.69, 9.17) is 21.1 Å². The molecule has 1 aromatic heterocycles. The Balaban J connectivity index is 1.60. The molecule has 1 aliphatic rings. The minimum absolute atomic E-state index is 0.277. The van der Waals surface area contributed by atoms with Gasteiger partial charge in [0.25, 0.3) is 0 Å². The van der Waals surface area contributed by atoms with Gasteiger partial charge in [-0.2, -0.15) is 5.10 Å². The number of alkyl halides is 1. The minimum atomic E-state index is -0.523. The number of carbonyl (C=O) groups is 1. The van der Waals surface area contributed by atoms with Crippen molar-refractivity contribution in [2.24, 2.45) is 0 Å². The van der Waals surface area contributed by atoms with E-state index in [0.29, 0.717) is 26.1 Å². The summed E-state index contributed by atoms with van der Waals surface area (Å²) >= 11 is 6.52. The molecule has 2 aromatic rings. The fourth-order valence-electron chi connectivity index (χ4n) is 3.51. The van der Waals surface area contributed by atoms with Gasteiger partial charge >= 0.3 is 6.09 Å². The van der Waals surface area contributed by atoms with E-state index in [1.807, 2.05) is 56.8 Å². The summed E-state index contributed by atoms with van der Waals surface area (Å²) in [6.07, 6.45) is 5.16. The van der Waals surface area contributed by atoms with Crippen LogP contribution >= 0.6 is 11.6 Å². The molecule has 158 valence electrons. The molecule has 6 nitrogen and oxygen atoms in total. The minimum Gasteiger partial charge on any atom is -0.494 e. The van der Waals surface area contributed by atoms with E-state index in [0.717, 1.165) is 23.3 Å². The van der Waals surface area contributed by atoms with Gasteiger partial charge in [0, 0.05) is 12.7 Å². The molecule has 1 aromatic carbocycles. The van der Waals surface area contributed by atoms with Crippen molar-refractivity contribution in [2.75, 3.05) is 13.2 Å². The average molecular weight is 420 g/mol. The lowest BCUT2D eigenvalue weighted by atomic mass is 9.91. The van der Waals surface area contributed by atoms with E-state index in [1.165, 1.54) is 0 Å². The predicted molar refractivity (Wildman–Crippen MR) is 113 cm³/mol. The first-order valence-corrected chi connectivity index (χ1v) is 10.6. The lowest BCUT2D eigenvalue weighted by Gasteiger charge is -2.36. The second-order valence-electron chi connectivity index (χ2n) is 8.38. The largest absolute Gasteiger partial charge is 0.494 e. The van der Waals surface area contributed by atoms with Crippen LogP contribution in [0.15, 0.2) is 36.7 Å². The number of aromatic nitrogens is 2. The Morgan fingerprint density at radius 2 is 2.14 bits per heavy atom. The number of amides is 1. The van der Waals surface area contributed by atoms with Crippen LogP contribution in [0.3, 0.4) is 0 Å².